The minimum atomic E-state index is -0.580. The first-order chi connectivity index (χ1) is 24.8. The highest BCUT2D eigenvalue weighted by Crippen LogP contribution is 2.31. The van der Waals surface area contributed by atoms with E-state index in [2.05, 4.69) is 13.8 Å². The molecule has 0 bridgehead atoms. The molecule has 2 aliphatic rings. The highest BCUT2D eigenvalue weighted by atomic mass is 16.5. The number of rotatable bonds is 20. The predicted molar refractivity (Wildman–Crippen MR) is 201 cm³/mol. The molecule has 0 spiro atoms. The van der Waals surface area contributed by atoms with Gasteiger partial charge in [0, 0.05) is 65.6 Å². The molecule has 2 aliphatic heterocycles. The SMILES string of the molecule is CC[C@H](C)[C@@H]([C@@H](CC(=O)N1CCC[C@H]1[C@H](OC)[C@@H](C)C(=O)C[C@H](CO)Cc1ccccc1)OC)N(C)C(=O)[C@@H](CC(=O)N1CCOC[C@@H]1C)C(C)C. The van der Waals surface area contributed by atoms with E-state index in [0.29, 0.717) is 39.1 Å². The zero-order chi connectivity index (χ0) is 38.5. The average Bonchev–Trinajstić information content (AvgIpc) is 3.63. The van der Waals surface area contributed by atoms with Crippen LogP contribution in [-0.4, -0.2) is 128 Å². The first-order valence-electron chi connectivity index (χ1n) is 19.5. The molecule has 1 aromatic carbocycles. The fourth-order valence-electron chi connectivity index (χ4n) is 8.23. The summed E-state index contributed by atoms with van der Waals surface area (Å²) in [5, 5.41) is 10.1. The number of nitrogens with zero attached hydrogens (tertiary/aromatic N) is 3. The molecule has 9 atom stereocenters. The van der Waals surface area contributed by atoms with Crippen molar-refractivity contribution in [2.75, 3.05) is 54.2 Å². The second kappa shape index (κ2) is 21.1. The van der Waals surface area contributed by atoms with E-state index in [9.17, 15) is 24.3 Å². The molecule has 2 heterocycles. The van der Waals surface area contributed by atoms with Crippen molar-refractivity contribution in [1.82, 2.24) is 14.7 Å². The zero-order valence-corrected chi connectivity index (χ0v) is 33.3. The maximum atomic E-state index is 14.2. The molecule has 0 saturated carbocycles. The topological polar surface area (TPSA) is 126 Å². The molecule has 11 nitrogen and oxygen atoms in total. The summed E-state index contributed by atoms with van der Waals surface area (Å²) in [7, 11) is 4.95. The largest absolute Gasteiger partial charge is 0.396 e. The van der Waals surface area contributed by atoms with E-state index in [0.717, 1.165) is 18.4 Å². The van der Waals surface area contributed by atoms with E-state index in [1.54, 1.807) is 26.2 Å². The van der Waals surface area contributed by atoms with Crippen molar-refractivity contribution < 1.29 is 38.5 Å². The number of hydrogen-bond donors (Lipinski definition) is 1. The van der Waals surface area contributed by atoms with Crippen LogP contribution in [-0.2, 0) is 39.8 Å². The van der Waals surface area contributed by atoms with Crippen molar-refractivity contribution in [3.8, 4) is 0 Å². The normalized spacial score (nSPS) is 22.0. The second-order valence-electron chi connectivity index (χ2n) is 15.6. The summed E-state index contributed by atoms with van der Waals surface area (Å²) < 4.78 is 17.5. The molecule has 3 rings (SSSR count). The summed E-state index contributed by atoms with van der Waals surface area (Å²) in [6.07, 6.45) is 2.22. The maximum Gasteiger partial charge on any atom is 0.226 e. The average molecular weight is 730 g/mol. The van der Waals surface area contributed by atoms with Gasteiger partial charge in [-0.2, -0.15) is 0 Å². The van der Waals surface area contributed by atoms with Crippen LogP contribution in [0, 0.1) is 29.6 Å². The van der Waals surface area contributed by atoms with Crippen LogP contribution in [0.1, 0.15) is 85.6 Å². The van der Waals surface area contributed by atoms with Gasteiger partial charge in [-0.25, -0.2) is 0 Å². The summed E-state index contributed by atoms with van der Waals surface area (Å²) >= 11 is 0. The number of aliphatic hydroxyl groups excluding tert-OH is 1. The smallest absolute Gasteiger partial charge is 0.226 e. The number of likely N-dealkylation sites (tertiary alicyclic amines) is 1. The van der Waals surface area contributed by atoms with Crippen LogP contribution in [0.2, 0.25) is 0 Å². The molecule has 2 fully saturated rings. The summed E-state index contributed by atoms with van der Waals surface area (Å²) in [5.41, 5.74) is 1.07. The van der Waals surface area contributed by atoms with Crippen LogP contribution in [0.3, 0.4) is 0 Å². The molecule has 1 N–H and O–H groups in total. The summed E-state index contributed by atoms with van der Waals surface area (Å²) in [5.74, 6) is -1.50. The Morgan fingerprint density at radius 3 is 2.21 bits per heavy atom. The number of ether oxygens (including phenoxy) is 3. The van der Waals surface area contributed by atoms with Crippen molar-refractivity contribution in [3.05, 3.63) is 35.9 Å². The molecule has 294 valence electrons. The summed E-state index contributed by atoms with van der Waals surface area (Å²) in [6.45, 7) is 13.9. The summed E-state index contributed by atoms with van der Waals surface area (Å²) in [4.78, 5) is 60.8. The Balaban J connectivity index is 1.74. The second-order valence-corrected chi connectivity index (χ2v) is 15.6. The van der Waals surface area contributed by atoms with Crippen LogP contribution in [0.5, 0.6) is 0 Å². The standard InChI is InChI=1S/C41H67N3O8/c1-10-28(4)39(42(7)41(49)33(27(2)3)23-37(47)43-19-20-52-26-29(43)5)36(50-8)24-38(48)44-18-14-17-34(44)40(51-9)30(6)35(46)22-32(25-45)21-31-15-12-11-13-16-31/h11-13,15-16,27-30,32-34,36,39-40,45H,10,14,17-26H2,1-9H3/t28-,29-,30-,32+,33-,34-,36+,39-,40+/m0/s1. The first kappa shape index (κ1) is 43.5. The Hall–Kier alpha value is -2.86. The van der Waals surface area contributed by atoms with Gasteiger partial charge in [0.1, 0.15) is 5.78 Å². The number of aliphatic hydroxyl groups is 1. The van der Waals surface area contributed by atoms with Gasteiger partial charge in [0.15, 0.2) is 0 Å². The van der Waals surface area contributed by atoms with E-state index >= 15 is 0 Å². The lowest BCUT2D eigenvalue weighted by Gasteiger charge is -2.41. The number of Topliss-reactive ketones (excluding diaryl/α,β-unsaturated/α-hetero) is 1. The Morgan fingerprint density at radius 1 is 0.962 bits per heavy atom. The molecule has 2 saturated heterocycles. The molecule has 11 heteroatoms. The van der Waals surface area contributed by atoms with Gasteiger partial charge in [0.25, 0.3) is 0 Å². The molecule has 3 amide bonds. The van der Waals surface area contributed by atoms with Gasteiger partial charge in [-0.3, -0.25) is 19.2 Å². The minimum absolute atomic E-state index is 0.00846. The van der Waals surface area contributed by atoms with Crippen molar-refractivity contribution >= 4 is 23.5 Å². The number of morpholine rings is 1. The molecule has 0 radical (unpaired) electrons. The molecule has 52 heavy (non-hydrogen) atoms. The molecule has 0 aliphatic carbocycles. The minimum Gasteiger partial charge on any atom is -0.396 e. The maximum absolute atomic E-state index is 14.2. The third-order valence-corrected chi connectivity index (χ3v) is 11.7. The van der Waals surface area contributed by atoms with Gasteiger partial charge < -0.3 is 34.0 Å². The van der Waals surface area contributed by atoms with Crippen LogP contribution in [0.4, 0.5) is 0 Å². The zero-order valence-electron chi connectivity index (χ0n) is 33.3. The van der Waals surface area contributed by atoms with Crippen LogP contribution < -0.4 is 0 Å². The first-order valence-corrected chi connectivity index (χ1v) is 19.5. The monoisotopic (exact) mass is 729 g/mol. The number of amides is 3. The number of hydrogen-bond acceptors (Lipinski definition) is 8. The Bertz CT molecular complexity index is 1280. The molecular formula is C41H67N3O8. The van der Waals surface area contributed by atoms with Gasteiger partial charge in [0.2, 0.25) is 17.7 Å². The van der Waals surface area contributed by atoms with Gasteiger partial charge in [-0.05, 0) is 49.5 Å². The molecule has 1 aromatic rings. The lowest BCUT2D eigenvalue weighted by atomic mass is 9.85. The van der Waals surface area contributed by atoms with Crippen LogP contribution >= 0.6 is 0 Å². The Morgan fingerprint density at radius 2 is 1.63 bits per heavy atom. The van der Waals surface area contributed by atoms with Crippen molar-refractivity contribution in [1.29, 1.82) is 0 Å². The van der Waals surface area contributed by atoms with Crippen molar-refractivity contribution in [2.45, 2.75) is 117 Å². The molecular weight excluding hydrogens is 662 g/mol. The fourth-order valence-corrected chi connectivity index (χ4v) is 8.23. The third kappa shape index (κ3) is 11.3. The predicted octanol–water partition coefficient (Wildman–Crippen LogP) is 4.63. The molecule has 0 unspecified atom stereocenters. The van der Waals surface area contributed by atoms with E-state index in [1.165, 1.54) is 0 Å². The lowest BCUT2D eigenvalue weighted by molar-refractivity contribution is -0.151. The highest BCUT2D eigenvalue weighted by molar-refractivity contribution is 5.86. The quantitative estimate of drug-likeness (QED) is 0.206. The van der Waals surface area contributed by atoms with Gasteiger partial charge in [0.05, 0.1) is 50.0 Å². The van der Waals surface area contributed by atoms with Gasteiger partial charge >= 0.3 is 0 Å². The highest BCUT2D eigenvalue weighted by Gasteiger charge is 2.43. The van der Waals surface area contributed by atoms with E-state index in [1.807, 2.05) is 67.8 Å². The van der Waals surface area contributed by atoms with E-state index in [-0.39, 0.29) is 79.2 Å². The number of carbonyl (C=O) groups is 4. The van der Waals surface area contributed by atoms with Crippen LogP contribution in [0.25, 0.3) is 0 Å². The number of likely N-dealkylation sites (N-methyl/N-ethyl adjacent to an activating group) is 1. The van der Waals surface area contributed by atoms with E-state index < -0.39 is 30.1 Å². The van der Waals surface area contributed by atoms with Gasteiger partial charge in [-0.1, -0.05) is 71.4 Å². The lowest BCUT2D eigenvalue weighted by Crippen LogP contribution is -2.54. The Kier molecular flexibility index (Phi) is 17.7. The fraction of sp³-hybridized carbons (Fsp3) is 0.756. The summed E-state index contributed by atoms with van der Waals surface area (Å²) in [6, 6.07) is 9.13. The number of methoxy groups -OCH3 is 2. The number of ketones is 1. The Labute approximate surface area is 312 Å². The van der Waals surface area contributed by atoms with Crippen LogP contribution in [0.15, 0.2) is 30.3 Å². The van der Waals surface area contributed by atoms with Gasteiger partial charge in [-0.15, -0.1) is 0 Å². The third-order valence-electron chi connectivity index (χ3n) is 11.7. The number of carbonyl (C=O) groups excluding carboxylic acids is 4. The van der Waals surface area contributed by atoms with E-state index in [4.69, 9.17) is 14.2 Å². The molecule has 0 aromatic heterocycles. The number of benzene rings is 1. The van der Waals surface area contributed by atoms with Crippen molar-refractivity contribution in [3.63, 3.8) is 0 Å². The van der Waals surface area contributed by atoms with Crippen molar-refractivity contribution in [2.24, 2.45) is 29.6 Å².